The largest absolute Gasteiger partial charge is 0.378 e. The minimum absolute atomic E-state index is 0.537. The Morgan fingerprint density at radius 3 is 2.75 bits per heavy atom. The average Bonchev–Trinajstić information content (AvgIpc) is 2.90. The number of aromatic nitrogens is 1. The monoisotopic (exact) mass is 342 g/mol. The van der Waals surface area contributed by atoms with Crippen molar-refractivity contribution in [3.05, 3.63) is 56.5 Å². The number of anilines is 1. The molecular formula is C14H9Cl3N2S. The van der Waals surface area contributed by atoms with Gasteiger partial charge in [-0.25, -0.2) is 4.98 Å². The topological polar surface area (TPSA) is 24.9 Å². The van der Waals surface area contributed by atoms with Gasteiger partial charge in [-0.05, 0) is 23.8 Å². The molecule has 0 saturated carbocycles. The first-order valence-corrected chi connectivity index (χ1v) is 7.86. The molecule has 0 bridgehead atoms. The maximum absolute atomic E-state index is 6.24. The summed E-state index contributed by atoms with van der Waals surface area (Å²) in [4.78, 5) is 4.34. The smallest absolute Gasteiger partial charge is 0.106 e. The van der Waals surface area contributed by atoms with Crippen LogP contribution in [0.2, 0.25) is 15.1 Å². The quantitative estimate of drug-likeness (QED) is 0.643. The molecule has 0 fully saturated rings. The van der Waals surface area contributed by atoms with E-state index in [4.69, 9.17) is 34.8 Å². The fourth-order valence-corrected chi connectivity index (χ4v) is 3.23. The van der Waals surface area contributed by atoms with Gasteiger partial charge in [0.1, 0.15) is 5.52 Å². The molecule has 3 aromatic rings. The number of benzene rings is 2. The highest BCUT2D eigenvalue weighted by molar-refractivity contribution is 7.16. The van der Waals surface area contributed by atoms with Gasteiger partial charge in [-0.1, -0.05) is 46.9 Å². The summed E-state index contributed by atoms with van der Waals surface area (Å²) in [7, 11) is 0. The van der Waals surface area contributed by atoms with Crippen molar-refractivity contribution in [1.82, 2.24) is 4.98 Å². The van der Waals surface area contributed by atoms with Crippen molar-refractivity contribution in [2.75, 3.05) is 5.32 Å². The fraction of sp³-hybridized carbons (Fsp3) is 0.0714. The third-order valence-electron chi connectivity index (χ3n) is 2.94. The summed E-state index contributed by atoms with van der Waals surface area (Å²) in [6, 6.07) is 9.39. The highest BCUT2D eigenvalue weighted by Crippen LogP contribution is 2.33. The van der Waals surface area contributed by atoms with Crippen LogP contribution in [0.3, 0.4) is 0 Å². The van der Waals surface area contributed by atoms with E-state index in [0.29, 0.717) is 21.6 Å². The molecule has 0 atom stereocenters. The Kier molecular flexibility index (Phi) is 4.03. The standard InChI is InChI=1S/C14H9Cl3N2S/c15-9-3-1-2-8(12(9)17)6-18-13-10(16)4-5-11-14(13)19-7-20-11/h1-5,7,18H,6H2. The molecule has 2 aromatic carbocycles. The second-order valence-corrected chi connectivity index (χ2v) is 6.27. The maximum Gasteiger partial charge on any atom is 0.106 e. The summed E-state index contributed by atoms with van der Waals surface area (Å²) in [5.41, 5.74) is 4.42. The van der Waals surface area contributed by atoms with E-state index in [-0.39, 0.29) is 0 Å². The Bertz CT molecular complexity index is 770. The molecule has 0 radical (unpaired) electrons. The Hall–Kier alpha value is -1.00. The molecule has 0 spiro atoms. The van der Waals surface area contributed by atoms with Gasteiger partial charge < -0.3 is 5.32 Å². The molecule has 102 valence electrons. The zero-order valence-electron chi connectivity index (χ0n) is 10.2. The molecule has 0 aliphatic rings. The number of fused-ring (bicyclic) bond motifs is 1. The normalized spacial score (nSPS) is 10.9. The van der Waals surface area contributed by atoms with Gasteiger partial charge in [-0.3, -0.25) is 0 Å². The van der Waals surface area contributed by atoms with Crippen molar-refractivity contribution in [3.63, 3.8) is 0 Å². The van der Waals surface area contributed by atoms with Gasteiger partial charge in [0.15, 0.2) is 0 Å². The molecule has 0 unspecified atom stereocenters. The second kappa shape index (κ2) is 5.78. The van der Waals surface area contributed by atoms with Crippen LogP contribution in [-0.4, -0.2) is 4.98 Å². The van der Waals surface area contributed by atoms with Crippen LogP contribution in [0.5, 0.6) is 0 Å². The predicted molar refractivity (Wildman–Crippen MR) is 88.4 cm³/mol. The van der Waals surface area contributed by atoms with Gasteiger partial charge in [-0.15, -0.1) is 11.3 Å². The van der Waals surface area contributed by atoms with Crippen molar-refractivity contribution >= 4 is 62.0 Å². The lowest BCUT2D eigenvalue weighted by Gasteiger charge is -2.11. The van der Waals surface area contributed by atoms with Gasteiger partial charge in [0.2, 0.25) is 0 Å². The van der Waals surface area contributed by atoms with E-state index in [1.807, 2.05) is 24.3 Å². The minimum atomic E-state index is 0.537. The van der Waals surface area contributed by atoms with Crippen molar-refractivity contribution in [2.24, 2.45) is 0 Å². The first-order chi connectivity index (χ1) is 9.66. The molecule has 0 aliphatic carbocycles. The number of nitrogens with zero attached hydrogens (tertiary/aromatic N) is 1. The van der Waals surface area contributed by atoms with E-state index in [1.165, 1.54) is 0 Å². The number of rotatable bonds is 3. The SMILES string of the molecule is Clc1cccc(CNc2c(Cl)ccc3scnc23)c1Cl. The number of halogens is 3. The van der Waals surface area contributed by atoms with Gasteiger partial charge in [0, 0.05) is 6.54 Å². The van der Waals surface area contributed by atoms with Crippen molar-refractivity contribution in [2.45, 2.75) is 6.54 Å². The third kappa shape index (κ3) is 2.59. The van der Waals surface area contributed by atoms with Gasteiger partial charge in [0.05, 0.1) is 31.0 Å². The molecule has 0 amide bonds. The van der Waals surface area contributed by atoms with Gasteiger partial charge >= 0.3 is 0 Å². The maximum atomic E-state index is 6.24. The van der Waals surface area contributed by atoms with Gasteiger partial charge in [-0.2, -0.15) is 0 Å². The molecule has 1 N–H and O–H groups in total. The molecule has 0 aliphatic heterocycles. The van der Waals surface area contributed by atoms with Crippen molar-refractivity contribution < 1.29 is 0 Å². The van der Waals surface area contributed by atoms with Crippen LogP contribution in [0.1, 0.15) is 5.56 Å². The fourth-order valence-electron chi connectivity index (χ4n) is 1.94. The molecule has 6 heteroatoms. The predicted octanol–water partition coefficient (Wildman–Crippen LogP) is 5.87. The molecule has 2 nitrogen and oxygen atoms in total. The van der Waals surface area contributed by atoms with Crippen molar-refractivity contribution in [1.29, 1.82) is 0 Å². The van der Waals surface area contributed by atoms with Gasteiger partial charge in [0.25, 0.3) is 0 Å². The Morgan fingerprint density at radius 1 is 1.05 bits per heavy atom. The first kappa shape index (κ1) is 14.0. The van der Waals surface area contributed by atoms with E-state index in [2.05, 4.69) is 10.3 Å². The van der Waals surface area contributed by atoms with E-state index < -0.39 is 0 Å². The average molecular weight is 344 g/mol. The Balaban J connectivity index is 1.92. The highest BCUT2D eigenvalue weighted by atomic mass is 35.5. The molecule has 20 heavy (non-hydrogen) atoms. The zero-order valence-corrected chi connectivity index (χ0v) is 13.2. The lowest BCUT2D eigenvalue weighted by Crippen LogP contribution is -2.01. The lowest BCUT2D eigenvalue weighted by atomic mass is 10.2. The lowest BCUT2D eigenvalue weighted by molar-refractivity contribution is 1.15. The molecule has 1 aromatic heterocycles. The highest BCUT2D eigenvalue weighted by Gasteiger charge is 2.10. The molecule has 1 heterocycles. The first-order valence-electron chi connectivity index (χ1n) is 5.85. The van der Waals surface area contributed by atoms with E-state index >= 15 is 0 Å². The number of nitrogens with one attached hydrogen (secondary N) is 1. The summed E-state index contributed by atoms with van der Waals surface area (Å²) in [5, 5.41) is 5.04. The zero-order chi connectivity index (χ0) is 14.1. The van der Waals surface area contributed by atoms with E-state index in [9.17, 15) is 0 Å². The summed E-state index contributed by atoms with van der Waals surface area (Å²) < 4.78 is 1.09. The van der Waals surface area contributed by atoms with Crippen molar-refractivity contribution in [3.8, 4) is 0 Å². The van der Waals surface area contributed by atoms with Crippen LogP contribution in [0.4, 0.5) is 5.69 Å². The minimum Gasteiger partial charge on any atom is -0.378 e. The van der Waals surface area contributed by atoms with E-state index in [1.54, 1.807) is 22.9 Å². The van der Waals surface area contributed by atoms with Crippen LogP contribution >= 0.6 is 46.1 Å². The van der Waals surface area contributed by atoms with Crippen LogP contribution in [0.15, 0.2) is 35.8 Å². The van der Waals surface area contributed by atoms with Crippen LogP contribution in [-0.2, 0) is 6.54 Å². The van der Waals surface area contributed by atoms with Crippen LogP contribution in [0, 0.1) is 0 Å². The Labute approximate surface area is 135 Å². The van der Waals surface area contributed by atoms with Crippen LogP contribution < -0.4 is 5.32 Å². The summed E-state index contributed by atoms with van der Waals surface area (Å²) in [6.07, 6.45) is 0. The molecule has 3 rings (SSSR count). The second-order valence-electron chi connectivity index (χ2n) is 4.19. The number of hydrogen-bond acceptors (Lipinski definition) is 3. The number of hydrogen-bond donors (Lipinski definition) is 1. The Morgan fingerprint density at radius 2 is 1.90 bits per heavy atom. The molecule has 0 saturated heterocycles. The van der Waals surface area contributed by atoms with Crippen LogP contribution in [0.25, 0.3) is 10.2 Å². The third-order valence-corrected chi connectivity index (χ3v) is 4.91. The van der Waals surface area contributed by atoms with E-state index in [0.717, 1.165) is 21.5 Å². The summed E-state index contributed by atoms with van der Waals surface area (Å²) >= 11 is 20.0. The summed E-state index contributed by atoms with van der Waals surface area (Å²) in [5.74, 6) is 0. The molecular weight excluding hydrogens is 335 g/mol. The number of thiazole rings is 1. The summed E-state index contributed by atoms with van der Waals surface area (Å²) in [6.45, 7) is 0.537.